The van der Waals surface area contributed by atoms with Crippen LogP contribution >= 0.6 is 0 Å². The van der Waals surface area contributed by atoms with Crippen LogP contribution in [0.2, 0.25) is 0 Å². The Kier molecular flexibility index (Phi) is 4.69. The van der Waals surface area contributed by atoms with Crippen molar-refractivity contribution in [2.45, 2.75) is 43.9 Å². The third-order valence-electron chi connectivity index (χ3n) is 4.39. The summed E-state index contributed by atoms with van der Waals surface area (Å²) in [6.07, 6.45) is 2.65. The van der Waals surface area contributed by atoms with Crippen LogP contribution < -0.4 is 5.32 Å². The van der Waals surface area contributed by atoms with Crippen molar-refractivity contribution in [3.05, 3.63) is 71.8 Å². The Morgan fingerprint density at radius 1 is 0.857 bits per heavy atom. The van der Waals surface area contributed by atoms with E-state index in [0.717, 1.165) is 25.8 Å². The van der Waals surface area contributed by atoms with Crippen LogP contribution in [0, 0.1) is 0 Å². The molecule has 2 aromatic rings. The molecule has 0 saturated heterocycles. The maximum atomic E-state index is 10.2. The summed E-state index contributed by atoms with van der Waals surface area (Å²) in [5.74, 6) is 0.461. The van der Waals surface area contributed by atoms with Gasteiger partial charge in [0.1, 0.15) is 0 Å². The molecular weight excluding hydrogens is 258 g/mol. The van der Waals surface area contributed by atoms with E-state index in [1.165, 1.54) is 11.1 Å². The predicted molar refractivity (Wildman–Crippen MR) is 86.1 cm³/mol. The molecule has 1 saturated carbocycles. The molecule has 21 heavy (non-hydrogen) atoms. The van der Waals surface area contributed by atoms with Crippen LogP contribution in [0.4, 0.5) is 0 Å². The summed E-state index contributed by atoms with van der Waals surface area (Å²) >= 11 is 0. The van der Waals surface area contributed by atoms with E-state index in [0.29, 0.717) is 12.0 Å². The fourth-order valence-corrected chi connectivity index (χ4v) is 3.31. The molecule has 0 heterocycles. The molecule has 0 radical (unpaired) electrons. The second-order valence-corrected chi connectivity index (χ2v) is 6.03. The zero-order valence-corrected chi connectivity index (χ0v) is 12.3. The molecule has 3 unspecified atom stereocenters. The molecule has 0 spiro atoms. The van der Waals surface area contributed by atoms with E-state index >= 15 is 0 Å². The first kappa shape index (κ1) is 14.3. The van der Waals surface area contributed by atoms with Crippen LogP contribution in [0.1, 0.15) is 36.3 Å². The minimum atomic E-state index is -0.197. The lowest BCUT2D eigenvalue weighted by Gasteiger charge is -2.33. The summed E-state index contributed by atoms with van der Waals surface area (Å²) in [7, 11) is 0. The SMILES string of the molecule is OC1CC(NCc2ccccc2)CC(c2ccccc2)C1. The minimum absolute atomic E-state index is 0.197. The smallest absolute Gasteiger partial charge is 0.0561 e. The van der Waals surface area contributed by atoms with Crippen molar-refractivity contribution in [3.8, 4) is 0 Å². The largest absolute Gasteiger partial charge is 0.393 e. The van der Waals surface area contributed by atoms with Gasteiger partial charge in [0.15, 0.2) is 0 Å². The molecule has 0 bridgehead atoms. The molecule has 2 aromatic carbocycles. The average Bonchev–Trinajstić information content (AvgIpc) is 2.54. The highest BCUT2D eigenvalue weighted by atomic mass is 16.3. The molecule has 0 aromatic heterocycles. The maximum absolute atomic E-state index is 10.2. The summed E-state index contributed by atoms with van der Waals surface area (Å²) in [5.41, 5.74) is 2.65. The van der Waals surface area contributed by atoms with Gasteiger partial charge < -0.3 is 10.4 Å². The van der Waals surface area contributed by atoms with Gasteiger partial charge in [-0.15, -0.1) is 0 Å². The predicted octanol–water partition coefficient (Wildman–Crippen LogP) is 3.47. The summed E-state index contributed by atoms with van der Waals surface area (Å²) < 4.78 is 0. The van der Waals surface area contributed by atoms with Crippen LogP contribution in [0.3, 0.4) is 0 Å². The molecule has 0 amide bonds. The van der Waals surface area contributed by atoms with Crippen molar-refractivity contribution >= 4 is 0 Å². The Hall–Kier alpha value is -1.64. The summed E-state index contributed by atoms with van der Waals surface area (Å²) in [6.45, 7) is 0.875. The average molecular weight is 281 g/mol. The van der Waals surface area contributed by atoms with Crippen LogP contribution in [-0.2, 0) is 6.54 Å². The number of aliphatic hydroxyl groups excluding tert-OH is 1. The highest BCUT2D eigenvalue weighted by Gasteiger charge is 2.28. The molecule has 2 N–H and O–H groups in total. The molecule has 2 nitrogen and oxygen atoms in total. The topological polar surface area (TPSA) is 32.3 Å². The number of rotatable bonds is 4. The third kappa shape index (κ3) is 3.93. The van der Waals surface area contributed by atoms with E-state index in [2.05, 4.69) is 53.8 Å². The normalized spacial score (nSPS) is 25.7. The summed E-state index contributed by atoms with van der Waals surface area (Å²) in [4.78, 5) is 0. The molecule has 3 rings (SSSR count). The quantitative estimate of drug-likeness (QED) is 0.899. The first-order valence-corrected chi connectivity index (χ1v) is 7.81. The van der Waals surface area contributed by atoms with Gasteiger partial charge in [-0.25, -0.2) is 0 Å². The highest BCUT2D eigenvalue weighted by molar-refractivity contribution is 5.21. The molecule has 1 aliphatic rings. The maximum Gasteiger partial charge on any atom is 0.0561 e. The van der Waals surface area contributed by atoms with Gasteiger partial charge in [-0.3, -0.25) is 0 Å². The number of aliphatic hydroxyl groups is 1. The fourth-order valence-electron chi connectivity index (χ4n) is 3.31. The lowest BCUT2D eigenvalue weighted by Crippen LogP contribution is -2.38. The van der Waals surface area contributed by atoms with Crippen LogP contribution in [0.5, 0.6) is 0 Å². The van der Waals surface area contributed by atoms with Gasteiger partial charge in [0.05, 0.1) is 6.10 Å². The monoisotopic (exact) mass is 281 g/mol. The number of nitrogens with one attached hydrogen (secondary N) is 1. The van der Waals surface area contributed by atoms with E-state index in [-0.39, 0.29) is 6.10 Å². The molecule has 1 aliphatic carbocycles. The van der Waals surface area contributed by atoms with Crippen LogP contribution in [0.25, 0.3) is 0 Å². The van der Waals surface area contributed by atoms with Crippen LogP contribution in [-0.4, -0.2) is 17.3 Å². The van der Waals surface area contributed by atoms with E-state index in [1.54, 1.807) is 0 Å². The Morgan fingerprint density at radius 2 is 1.52 bits per heavy atom. The van der Waals surface area contributed by atoms with Crippen molar-refractivity contribution in [1.82, 2.24) is 5.32 Å². The third-order valence-corrected chi connectivity index (χ3v) is 4.39. The molecule has 0 aliphatic heterocycles. The van der Waals surface area contributed by atoms with Crippen molar-refractivity contribution in [2.75, 3.05) is 0 Å². The Balaban J connectivity index is 1.61. The molecular formula is C19H23NO. The van der Waals surface area contributed by atoms with E-state index in [1.807, 2.05) is 12.1 Å². The molecule has 1 fully saturated rings. The second-order valence-electron chi connectivity index (χ2n) is 6.03. The van der Waals surface area contributed by atoms with Gasteiger partial charge in [-0.2, -0.15) is 0 Å². The number of hydrogen-bond acceptors (Lipinski definition) is 2. The summed E-state index contributed by atoms with van der Waals surface area (Å²) in [5, 5.41) is 13.8. The first-order valence-electron chi connectivity index (χ1n) is 7.81. The molecule has 3 atom stereocenters. The minimum Gasteiger partial charge on any atom is -0.393 e. The Morgan fingerprint density at radius 3 is 2.24 bits per heavy atom. The van der Waals surface area contributed by atoms with Gasteiger partial charge in [0.2, 0.25) is 0 Å². The van der Waals surface area contributed by atoms with Gasteiger partial charge in [-0.1, -0.05) is 60.7 Å². The molecule has 110 valence electrons. The van der Waals surface area contributed by atoms with Gasteiger partial charge in [-0.05, 0) is 36.3 Å². The van der Waals surface area contributed by atoms with Gasteiger partial charge >= 0.3 is 0 Å². The van der Waals surface area contributed by atoms with Crippen molar-refractivity contribution in [2.24, 2.45) is 0 Å². The lowest BCUT2D eigenvalue weighted by atomic mass is 9.80. The van der Waals surface area contributed by atoms with E-state index in [9.17, 15) is 5.11 Å². The van der Waals surface area contributed by atoms with Gasteiger partial charge in [0.25, 0.3) is 0 Å². The molecule has 2 heteroatoms. The second kappa shape index (κ2) is 6.88. The van der Waals surface area contributed by atoms with E-state index < -0.39 is 0 Å². The fraction of sp³-hybridized carbons (Fsp3) is 0.368. The first-order chi connectivity index (χ1) is 10.3. The summed E-state index contributed by atoms with van der Waals surface area (Å²) in [6, 6.07) is 21.4. The number of hydrogen-bond donors (Lipinski definition) is 2. The number of benzene rings is 2. The van der Waals surface area contributed by atoms with Crippen molar-refractivity contribution in [3.63, 3.8) is 0 Å². The standard InChI is InChI=1S/C19H23NO/c21-19-12-17(16-9-5-2-6-10-16)11-18(13-19)20-14-15-7-3-1-4-8-15/h1-10,17-21H,11-14H2. The van der Waals surface area contributed by atoms with Crippen LogP contribution in [0.15, 0.2) is 60.7 Å². The van der Waals surface area contributed by atoms with E-state index in [4.69, 9.17) is 0 Å². The zero-order valence-electron chi connectivity index (χ0n) is 12.3. The highest BCUT2D eigenvalue weighted by Crippen LogP contribution is 2.33. The van der Waals surface area contributed by atoms with Gasteiger partial charge in [0, 0.05) is 12.6 Å². The van der Waals surface area contributed by atoms with Crippen molar-refractivity contribution in [1.29, 1.82) is 0 Å². The van der Waals surface area contributed by atoms with Crippen molar-refractivity contribution < 1.29 is 5.11 Å². The Bertz CT molecular complexity index is 540. The zero-order chi connectivity index (χ0) is 14.5. The lowest BCUT2D eigenvalue weighted by molar-refractivity contribution is 0.100. The Labute approximate surface area is 126 Å².